The summed E-state index contributed by atoms with van der Waals surface area (Å²) >= 11 is 3.42. The van der Waals surface area contributed by atoms with Crippen molar-refractivity contribution < 1.29 is 4.74 Å². The molecule has 14 heavy (non-hydrogen) atoms. The minimum absolute atomic E-state index is 0.329. The van der Waals surface area contributed by atoms with E-state index in [1.165, 1.54) is 19.3 Å². The summed E-state index contributed by atoms with van der Waals surface area (Å²) in [6, 6.07) is 0.417. The zero-order valence-electron chi connectivity index (χ0n) is 8.32. The van der Waals surface area contributed by atoms with Gasteiger partial charge < -0.3 is 4.74 Å². The maximum Gasteiger partial charge on any atom is 0.0795 e. The molecule has 0 spiro atoms. The summed E-state index contributed by atoms with van der Waals surface area (Å²) in [6.07, 6.45) is 9.07. The molecule has 1 aliphatic rings. The lowest BCUT2D eigenvalue weighted by atomic mass is 9.92. The standard InChI is InChI=1S/C10H15BrN2O/c1-14-10-5-3-2-4-9(10)13-7-8(11)6-12-13/h6-7,9-10H,2-5H2,1H3. The smallest absolute Gasteiger partial charge is 0.0795 e. The summed E-state index contributed by atoms with van der Waals surface area (Å²) < 4.78 is 8.56. The van der Waals surface area contributed by atoms with Gasteiger partial charge in [-0.2, -0.15) is 5.10 Å². The highest BCUT2D eigenvalue weighted by atomic mass is 79.9. The number of aromatic nitrogens is 2. The third-order valence-corrected chi connectivity index (χ3v) is 3.29. The molecule has 0 aliphatic heterocycles. The van der Waals surface area contributed by atoms with E-state index >= 15 is 0 Å². The first-order valence-electron chi connectivity index (χ1n) is 5.03. The topological polar surface area (TPSA) is 27.1 Å². The first-order valence-corrected chi connectivity index (χ1v) is 5.83. The van der Waals surface area contributed by atoms with Crippen molar-refractivity contribution in [3.63, 3.8) is 0 Å². The van der Waals surface area contributed by atoms with Gasteiger partial charge in [0.25, 0.3) is 0 Å². The SMILES string of the molecule is COC1CCCCC1n1cc(Br)cn1. The van der Waals surface area contributed by atoms with Gasteiger partial charge in [0.1, 0.15) is 0 Å². The van der Waals surface area contributed by atoms with Crippen LogP contribution < -0.4 is 0 Å². The van der Waals surface area contributed by atoms with Crippen molar-refractivity contribution in [3.8, 4) is 0 Å². The molecule has 0 amide bonds. The molecule has 2 unspecified atom stereocenters. The summed E-state index contributed by atoms with van der Waals surface area (Å²) in [7, 11) is 1.79. The van der Waals surface area contributed by atoms with Crippen molar-refractivity contribution in [2.75, 3.05) is 7.11 Å². The molecule has 2 atom stereocenters. The fraction of sp³-hybridized carbons (Fsp3) is 0.700. The van der Waals surface area contributed by atoms with Crippen LogP contribution in [0.15, 0.2) is 16.9 Å². The van der Waals surface area contributed by atoms with E-state index in [1.807, 2.05) is 17.1 Å². The highest BCUT2D eigenvalue weighted by molar-refractivity contribution is 9.10. The molecular formula is C10H15BrN2O. The van der Waals surface area contributed by atoms with Crippen molar-refractivity contribution in [3.05, 3.63) is 16.9 Å². The second-order valence-electron chi connectivity index (χ2n) is 3.76. The molecule has 1 heterocycles. The normalized spacial score (nSPS) is 27.9. The Morgan fingerprint density at radius 3 is 2.93 bits per heavy atom. The predicted molar refractivity (Wildman–Crippen MR) is 58.2 cm³/mol. The Morgan fingerprint density at radius 1 is 1.50 bits per heavy atom. The monoisotopic (exact) mass is 258 g/mol. The number of methoxy groups -OCH3 is 1. The summed E-state index contributed by atoms with van der Waals surface area (Å²) in [5.74, 6) is 0. The van der Waals surface area contributed by atoms with Crippen LogP contribution in [0.5, 0.6) is 0 Å². The Hall–Kier alpha value is -0.350. The predicted octanol–water partition coefficient (Wildman–Crippen LogP) is 2.78. The molecule has 0 bridgehead atoms. The van der Waals surface area contributed by atoms with Crippen molar-refractivity contribution >= 4 is 15.9 Å². The maximum absolute atomic E-state index is 5.49. The lowest BCUT2D eigenvalue weighted by Gasteiger charge is -2.30. The van der Waals surface area contributed by atoms with Gasteiger partial charge in [-0.1, -0.05) is 12.8 Å². The van der Waals surface area contributed by atoms with Crippen LogP contribution in [0.25, 0.3) is 0 Å². The van der Waals surface area contributed by atoms with Crippen LogP contribution in [0.4, 0.5) is 0 Å². The van der Waals surface area contributed by atoms with E-state index in [0.717, 1.165) is 10.9 Å². The minimum atomic E-state index is 0.329. The Kier molecular flexibility index (Phi) is 3.23. The Morgan fingerprint density at radius 2 is 2.29 bits per heavy atom. The van der Waals surface area contributed by atoms with Gasteiger partial charge >= 0.3 is 0 Å². The van der Waals surface area contributed by atoms with E-state index in [1.54, 1.807) is 7.11 Å². The molecule has 78 valence electrons. The summed E-state index contributed by atoms with van der Waals surface area (Å²) in [4.78, 5) is 0. The second kappa shape index (κ2) is 4.45. The molecule has 1 aromatic heterocycles. The Bertz CT molecular complexity index is 300. The van der Waals surface area contributed by atoms with Crippen LogP contribution in [-0.4, -0.2) is 23.0 Å². The molecule has 1 saturated carbocycles. The van der Waals surface area contributed by atoms with E-state index in [4.69, 9.17) is 4.74 Å². The molecular weight excluding hydrogens is 244 g/mol. The van der Waals surface area contributed by atoms with Gasteiger partial charge in [0.2, 0.25) is 0 Å². The molecule has 0 saturated heterocycles. The van der Waals surface area contributed by atoms with Gasteiger partial charge in [-0.15, -0.1) is 0 Å². The van der Waals surface area contributed by atoms with Crippen LogP contribution in [0.3, 0.4) is 0 Å². The summed E-state index contributed by atoms with van der Waals surface area (Å²) in [5, 5.41) is 4.33. The molecule has 0 aromatic carbocycles. The number of hydrogen-bond donors (Lipinski definition) is 0. The van der Waals surface area contributed by atoms with Gasteiger partial charge in [0.15, 0.2) is 0 Å². The Balaban J connectivity index is 2.14. The molecule has 0 radical (unpaired) electrons. The Labute approximate surface area is 92.6 Å². The van der Waals surface area contributed by atoms with Gasteiger partial charge in [-0.25, -0.2) is 0 Å². The zero-order valence-corrected chi connectivity index (χ0v) is 9.90. The third kappa shape index (κ3) is 2.01. The molecule has 4 heteroatoms. The van der Waals surface area contributed by atoms with Gasteiger partial charge in [-0.3, -0.25) is 4.68 Å². The largest absolute Gasteiger partial charge is 0.379 e. The molecule has 2 rings (SSSR count). The maximum atomic E-state index is 5.49. The average Bonchev–Trinajstić information content (AvgIpc) is 2.65. The number of halogens is 1. The fourth-order valence-electron chi connectivity index (χ4n) is 2.15. The van der Waals surface area contributed by atoms with Crippen LogP contribution >= 0.6 is 15.9 Å². The number of hydrogen-bond acceptors (Lipinski definition) is 2. The van der Waals surface area contributed by atoms with E-state index in [0.29, 0.717) is 12.1 Å². The molecule has 1 fully saturated rings. The van der Waals surface area contributed by atoms with Gasteiger partial charge in [-0.05, 0) is 28.8 Å². The van der Waals surface area contributed by atoms with E-state index < -0.39 is 0 Å². The van der Waals surface area contributed by atoms with E-state index in [9.17, 15) is 0 Å². The quantitative estimate of drug-likeness (QED) is 0.816. The zero-order chi connectivity index (χ0) is 9.97. The second-order valence-corrected chi connectivity index (χ2v) is 4.68. The number of rotatable bonds is 2. The molecule has 1 aliphatic carbocycles. The van der Waals surface area contributed by atoms with Crippen molar-refractivity contribution in [2.24, 2.45) is 0 Å². The lowest BCUT2D eigenvalue weighted by molar-refractivity contribution is 0.0245. The minimum Gasteiger partial charge on any atom is -0.379 e. The first-order chi connectivity index (χ1) is 6.81. The summed E-state index contributed by atoms with van der Waals surface area (Å²) in [6.45, 7) is 0. The first kappa shape index (κ1) is 10.2. The van der Waals surface area contributed by atoms with Crippen LogP contribution in [-0.2, 0) is 4.74 Å². The van der Waals surface area contributed by atoms with Gasteiger partial charge in [0.05, 0.1) is 22.8 Å². The van der Waals surface area contributed by atoms with E-state index in [2.05, 4.69) is 21.0 Å². The average molecular weight is 259 g/mol. The van der Waals surface area contributed by atoms with Gasteiger partial charge in [0, 0.05) is 13.3 Å². The van der Waals surface area contributed by atoms with Crippen LogP contribution in [0.2, 0.25) is 0 Å². The van der Waals surface area contributed by atoms with E-state index in [-0.39, 0.29) is 0 Å². The van der Waals surface area contributed by atoms with Crippen LogP contribution in [0, 0.1) is 0 Å². The molecule has 0 N–H and O–H groups in total. The highest BCUT2D eigenvalue weighted by Gasteiger charge is 2.26. The number of ether oxygens (including phenoxy) is 1. The molecule has 3 nitrogen and oxygen atoms in total. The van der Waals surface area contributed by atoms with Crippen LogP contribution in [0.1, 0.15) is 31.7 Å². The van der Waals surface area contributed by atoms with Crippen molar-refractivity contribution in [1.82, 2.24) is 9.78 Å². The molecule has 1 aromatic rings. The lowest BCUT2D eigenvalue weighted by Crippen LogP contribution is -2.29. The highest BCUT2D eigenvalue weighted by Crippen LogP contribution is 2.30. The number of nitrogens with zero attached hydrogens (tertiary/aromatic N) is 2. The van der Waals surface area contributed by atoms with Crippen molar-refractivity contribution in [1.29, 1.82) is 0 Å². The summed E-state index contributed by atoms with van der Waals surface area (Å²) in [5.41, 5.74) is 0. The fourth-order valence-corrected chi connectivity index (χ4v) is 2.45. The van der Waals surface area contributed by atoms with Crippen molar-refractivity contribution in [2.45, 2.75) is 37.8 Å². The third-order valence-electron chi connectivity index (χ3n) is 2.88.